The Balaban J connectivity index is 1.47. The summed E-state index contributed by atoms with van der Waals surface area (Å²) in [5, 5.41) is 0. The predicted molar refractivity (Wildman–Crippen MR) is 110 cm³/mol. The lowest BCUT2D eigenvalue weighted by molar-refractivity contribution is -0.892. The summed E-state index contributed by atoms with van der Waals surface area (Å²) in [6.07, 6.45) is 1.31. The van der Waals surface area contributed by atoms with E-state index < -0.39 is 11.7 Å². The third kappa shape index (κ3) is 6.05. The van der Waals surface area contributed by atoms with Crippen LogP contribution in [0.2, 0.25) is 0 Å². The van der Waals surface area contributed by atoms with Crippen LogP contribution in [0.5, 0.6) is 0 Å². The van der Waals surface area contributed by atoms with Crippen LogP contribution in [0.15, 0.2) is 42.6 Å². The summed E-state index contributed by atoms with van der Waals surface area (Å²) in [5.74, 6) is 0.812. The number of benzene rings is 1. The van der Waals surface area contributed by atoms with Crippen molar-refractivity contribution in [2.45, 2.75) is 38.8 Å². The number of halogens is 3. The minimum atomic E-state index is -4.34. The normalized spacial score (nSPS) is 15.4. The highest BCUT2D eigenvalue weighted by molar-refractivity contribution is 5.96. The van der Waals surface area contributed by atoms with Crippen LogP contribution in [-0.4, -0.2) is 38.5 Å². The number of aryl methyl sites for hydroxylation is 1. The van der Waals surface area contributed by atoms with Gasteiger partial charge in [-0.3, -0.25) is 9.69 Å². The number of ketones is 1. The molecule has 0 saturated carbocycles. The molecule has 1 aliphatic heterocycles. The zero-order valence-electron chi connectivity index (χ0n) is 17.4. The molecule has 0 amide bonds. The molecule has 7 heteroatoms. The number of unbranched alkanes of at least 4 members (excludes halogenated alkanes) is 2. The van der Waals surface area contributed by atoms with Gasteiger partial charge in [0.1, 0.15) is 38.9 Å². The Bertz CT molecular complexity index is 811. The monoisotopic (exact) mass is 421 g/mol. The highest BCUT2D eigenvalue weighted by Crippen LogP contribution is 2.28. The number of nitrogens with zero attached hydrogens (tertiary/aromatic N) is 1. The Morgan fingerprint density at radius 1 is 1.07 bits per heavy atom. The molecule has 0 unspecified atom stereocenters. The van der Waals surface area contributed by atoms with Gasteiger partial charge in [-0.25, -0.2) is 4.98 Å². The summed E-state index contributed by atoms with van der Waals surface area (Å²) in [6, 6.07) is 10.5. The quantitative estimate of drug-likeness (QED) is 0.526. The van der Waals surface area contributed by atoms with Crippen LogP contribution >= 0.6 is 0 Å². The number of aromatic nitrogens is 1. The Hall–Kier alpha value is -2.41. The number of piperazine rings is 1. The summed E-state index contributed by atoms with van der Waals surface area (Å²) in [5.41, 5.74) is 1.34. The first-order chi connectivity index (χ1) is 14.4. The molecular formula is C23H30F3N3O+2. The number of hydrogen-bond donors (Lipinski definition) is 1. The van der Waals surface area contributed by atoms with E-state index in [9.17, 15) is 18.0 Å². The van der Waals surface area contributed by atoms with Gasteiger partial charge in [0.05, 0.1) is 5.56 Å². The largest absolute Gasteiger partial charge is 0.419 e. The molecule has 4 nitrogen and oxygen atoms in total. The zero-order valence-corrected chi connectivity index (χ0v) is 17.4. The maximum Gasteiger partial charge on any atom is 0.419 e. The molecule has 3 rings (SSSR count). The minimum Gasteiger partial charge on any atom is -0.322 e. The van der Waals surface area contributed by atoms with Crippen molar-refractivity contribution in [2.24, 2.45) is 0 Å². The Labute approximate surface area is 175 Å². The lowest BCUT2D eigenvalue weighted by Crippen LogP contribution is -3.15. The Kier molecular flexibility index (Phi) is 7.48. The number of carbonyl (C=O) groups is 1. The van der Waals surface area contributed by atoms with E-state index in [-0.39, 0.29) is 5.78 Å². The van der Waals surface area contributed by atoms with Crippen molar-refractivity contribution in [3.05, 3.63) is 59.3 Å². The third-order valence-corrected chi connectivity index (χ3v) is 5.69. The van der Waals surface area contributed by atoms with Crippen LogP contribution in [-0.2, 0) is 12.6 Å². The van der Waals surface area contributed by atoms with E-state index >= 15 is 0 Å². The number of alkyl halides is 3. The highest BCUT2D eigenvalue weighted by atomic mass is 19.4. The van der Waals surface area contributed by atoms with Crippen LogP contribution in [0, 0.1) is 0 Å². The first-order valence-electron chi connectivity index (χ1n) is 10.7. The summed E-state index contributed by atoms with van der Waals surface area (Å²) in [4.78, 5) is 18.6. The SMILES string of the molecule is CCCCCc1ccc(C(=O)C[NH+]2CCN(c3ccc(C(F)(F)F)c[nH+]3)CC2)cc1. The zero-order chi connectivity index (χ0) is 21.6. The molecule has 0 bridgehead atoms. The van der Waals surface area contributed by atoms with Gasteiger partial charge in [0, 0.05) is 11.6 Å². The Morgan fingerprint density at radius 3 is 2.33 bits per heavy atom. The van der Waals surface area contributed by atoms with Crippen LogP contribution in [0.3, 0.4) is 0 Å². The molecule has 0 radical (unpaired) electrons. The maximum atomic E-state index is 12.7. The van der Waals surface area contributed by atoms with Crippen molar-refractivity contribution < 1.29 is 27.8 Å². The fourth-order valence-electron chi connectivity index (χ4n) is 3.80. The molecule has 1 aromatic carbocycles. The van der Waals surface area contributed by atoms with Gasteiger partial charge < -0.3 is 4.90 Å². The molecule has 1 saturated heterocycles. The van der Waals surface area contributed by atoms with E-state index in [1.165, 1.54) is 35.8 Å². The molecule has 2 aromatic rings. The fourth-order valence-corrected chi connectivity index (χ4v) is 3.80. The molecule has 1 fully saturated rings. The standard InChI is InChI=1S/C23H28F3N3O/c1-2-3-4-5-18-6-8-19(9-7-18)21(30)17-28-12-14-29(15-13-28)22-11-10-20(16-27-22)23(24,25)26/h6-11,16H,2-5,12-15,17H2,1H3/p+2. The summed E-state index contributed by atoms with van der Waals surface area (Å²) in [7, 11) is 0. The van der Waals surface area contributed by atoms with Crippen molar-refractivity contribution in [3.8, 4) is 0 Å². The van der Waals surface area contributed by atoms with Gasteiger partial charge >= 0.3 is 6.18 Å². The van der Waals surface area contributed by atoms with Gasteiger partial charge in [-0.05, 0) is 24.5 Å². The maximum absolute atomic E-state index is 12.7. The van der Waals surface area contributed by atoms with Crippen molar-refractivity contribution >= 4 is 11.6 Å². The van der Waals surface area contributed by atoms with Gasteiger partial charge in [0.2, 0.25) is 5.78 Å². The Morgan fingerprint density at radius 2 is 1.77 bits per heavy atom. The number of nitrogens with one attached hydrogen (secondary N) is 2. The molecule has 0 aliphatic carbocycles. The van der Waals surface area contributed by atoms with E-state index in [1.54, 1.807) is 0 Å². The first-order valence-corrected chi connectivity index (χ1v) is 10.7. The number of rotatable bonds is 8. The highest BCUT2D eigenvalue weighted by Gasteiger charge is 2.33. The van der Waals surface area contributed by atoms with Crippen molar-refractivity contribution in [3.63, 3.8) is 0 Å². The lowest BCUT2D eigenvalue weighted by atomic mass is 10.0. The van der Waals surface area contributed by atoms with E-state index in [2.05, 4.69) is 24.0 Å². The van der Waals surface area contributed by atoms with Crippen LogP contribution in [0.1, 0.15) is 47.7 Å². The summed E-state index contributed by atoms with van der Waals surface area (Å²) >= 11 is 0. The predicted octanol–water partition coefficient (Wildman–Crippen LogP) is 2.84. The number of anilines is 1. The molecule has 2 N–H and O–H groups in total. The van der Waals surface area contributed by atoms with E-state index in [0.29, 0.717) is 25.5 Å². The molecule has 0 spiro atoms. The van der Waals surface area contributed by atoms with Crippen molar-refractivity contribution in [2.75, 3.05) is 37.6 Å². The second-order valence-electron chi connectivity index (χ2n) is 7.95. The van der Waals surface area contributed by atoms with Crippen LogP contribution in [0.4, 0.5) is 19.0 Å². The fraction of sp³-hybridized carbons (Fsp3) is 0.478. The lowest BCUT2D eigenvalue weighted by Gasteiger charge is -2.28. The number of Topliss-reactive ketones (excluding diaryl/α,β-unsaturated/α-hetero) is 1. The van der Waals surface area contributed by atoms with Crippen molar-refractivity contribution in [1.29, 1.82) is 0 Å². The second-order valence-corrected chi connectivity index (χ2v) is 7.95. The van der Waals surface area contributed by atoms with E-state index in [1.807, 2.05) is 17.0 Å². The third-order valence-electron chi connectivity index (χ3n) is 5.69. The van der Waals surface area contributed by atoms with Crippen molar-refractivity contribution in [1.82, 2.24) is 0 Å². The molecule has 162 valence electrons. The minimum absolute atomic E-state index is 0.139. The molecule has 0 atom stereocenters. The van der Waals surface area contributed by atoms with Gasteiger partial charge in [-0.2, -0.15) is 13.2 Å². The van der Waals surface area contributed by atoms with E-state index in [4.69, 9.17) is 0 Å². The topological polar surface area (TPSA) is 38.9 Å². The molecular weight excluding hydrogens is 391 g/mol. The van der Waals surface area contributed by atoms with Gasteiger partial charge in [0.15, 0.2) is 0 Å². The number of hydrogen-bond acceptors (Lipinski definition) is 2. The second kappa shape index (κ2) is 10.1. The summed E-state index contributed by atoms with van der Waals surface area (Å²) in [6.45, 7) is 5.57. The van der Waals surface area contributed by atoms with Gasteiger partial charge in [-0.1, -0.05) is 44.0 Å². The van der Waals surface area contributed by atoms with Crippen LogP contribution in [0.25, 0.3) is 0 Å². The number of carbonyl (C=O) groups excluding carboxylic acids is 1. The number of H-pyrrole nitrogens is 1. The molecule has 1 aliphatic rings. The first kappa shape index (κ1) is 22.3. The van der Waals surface area contributed by atoms with Gasteiger partial charge in [-0.15, -0.1) is 0 Å². The average Bonchev–Trinajstić information content (AvgIpc) is 2.74. The smallest absolute Gasteiger partial charge is 0.322 e. The average molecular weight is 422 g/mol. The summed E-state index contributed by atoms with van der Waals surface area (Å²) < 4.78 is 38.1. The van der Waals surface area contributed by atoms with Gasteiger partial charge in [0.25, 0.3) is 5.82 Å². The molecule has 2 heterocycles. The van der Waals surface area contributed by atoms with E-state index in [0.717, 1.165) is 37.3 Å². The number of quaternary nitrogens is 1. The molecule has 30 heavy (non-hydrogen) atoms. The number of aromatic amines is 1. The number of pyridine rings is 1. The van der Waals surface area contributed by atoms with Crippen LogP contribution < -0.4 is 14.8 Å². The molecule has 1 aromatic heterocycles.